The molecule has 8 heteroatoms. The molecular formula is C18H21N3O5. The Morgan fingerprint density at radius 2 is 1.65 bits per heavy atom. The molecule has 4 amide bonds. The molecule has 1 aromatic rings. The maximum Gasteiger partial charge on any atom is 0.407 e. The predicted molar refractivity (Wildman–Crippen MR) is 91.5 cm³/mol. The average molecular weight is 359 g/mol. The van der Waals surface area contributed by atoms with E-state index in [0.717, 1.165) is 4.90 Å². The van der Waals surface area contributed by atoms with Gasteiger partial charge in [0.25, 0.3) is 11.8 Å². The van der Waals surface area contributed by atoms with E-state index in [9.17, 15) is 19.2 Å². The van der Waals surface area contributed by atoms with Crippen LogP contribution in [0.25, 0.3) is 0 Å². The summed E-state index contributed by atoms with van der Waals surface area (Å²) in [5, 5.41) is 2.72. The van der Waals surface area contributed by atoms with Crippen molar-refractivity contribution in [2.45, 2.75) is 31.8 Å². The Labute approximate surface area is 151 Å². The molecule has 0 radical (unpaired) electrons. The number of ether oxygens (including phenoxy) is 1. The van der Waals surface area contributed by atoms with E-state index in [-0.39, 0.29) is 11.9 Å². The topological polar surface area (TPSA) is 96.0 Å². The van der Waals surface area contributed by atoms with Gasteiger partial charge in [0.05, 0.1) is 18.2 Å². The van der Waals surface area contributed by atoms with Gasteiger partial charge in [-0.2, -0.15) is 0 Å². The third kappa shape index (κ3) is 3.14. The summed E-state index contributed by atoms with van der Waals surface area (Å²) in [5.74, 6) is -1.14. The van der Waals surface area contributed by atoms with Crippen molar-refractivity contribution >= 4 is 23.8 Å². The summed E-state index contributed by atoms with van der Waals surface area (Å²) >= 11 is 0. The number of likely N-dealkylation sites (tertiary alicyclic amines) is 1. The van der Waals surface area contributed by atoms with Gasteiger partial charge in [-0.3, -0.25) is 19.3 Å². The Kier molecular flexibility index (Phi) is 4.92. The van der Waals surface area contributed by atoms with Gasteiger partial charge in [-0.05, 0) is 31.9 Å². The number of hydrogen-bond acceptors (Lipinski definition) is 5. The number of hydrogen-bond donors (Lipinski definition) is 1. The number of rotatable bonds is 3. The number of fused-ring (bicyclic) bond motifs is 1. The second-order valence-electron chi connectivity index (χ2n) is 6.44. The Balaban J connectivity index is 1.64. The fraction of sp³-hybridized carbons (Fsp3) is 0.444. The summed E-state index contributed by atoms with van der Waals surface area (Å²) in [7, 11) is 1.30. The van der Waals surface area contributed by atoms with Crippen molar-refractivity contribution in [3.8, 4) is 0 Å². The normalized spacial score (nSPS) is 18.5. The van der Waals surface area contributed by atoms with E-state index in [1.54, 1.807) is 36.1 Å². The number of nitrogens with one attached hydrogen (secondary N) is 1. The molecule has 0 aromatic heterocycles. The van der Waals surface area contributed by atoms with E-state index in [1.807, 2.05) is 0 Å². The van der Waals surface area contributed by atoms with E-state index >= 15 is 0 Å². The lowest BCUT2D eigenvalue weighted by molar-refractivity contribution is -0.136. The molecule has 1 N–H and O–H groups in total. The van der Waals surface area contributed by atoms with E-state index in [4.69, 9.17) is 0 Å². The lowest BCUT2D eigenvalue weighted by atomic mass is 10.0. The summed E-state index contributed by atoms with van der Waals surface area (Å²) < 4.78 is 4.58. The third-order valence-corrected chi connectivity index (χ3v) is 4.88. The number of carbonyl (C=O) groups excluding carboxylic acids is 4. The van der Waals surface area contributed by atoms with Crippen LogP contribution in [-0.2, 0) is 9.53 Å². The lowest BCUT2D eigenvalue weighted by Gasteiger charge is -2.35. The summed E-state index contributed by atoms with van der Waals surface area (Å²) in [6.07, 6.45) is 0.694. The molecule has 0 bridgehead atoms. The summed E-state index contributed by atoms with van der Waals surface area (Å²) in [6.45, 7) is 2.46. The molecule has 1 fully saturated rings. The number of amides is 4. The van der Waals surface area contributed by atoms with Gasteiger partial charge < -0.3 is 15.0 Å². The Morgan fingerprint density at radius 3 is 2.15 bits per heavy atom. The zero-order valence-electron chi connectivity index (χ0n) is 14.7. The highest BCUT2D eigenvalue weighted by Gasteiger charge is 2.42. The van der Waals surface area contributed by atoms with Crippen LogP contribution in [0.15, 0.2) is 24.3 Å². The minimum atomic E-state index is -0.868. The van der Waals surface area contributed by atoms with Gasteiger partial charge in [-0.1, -0.05) is 12.1 Å². The molecule has 26 heavy (non-hydrogen) atoms. The van der Waals surface area contributed by atoms with Crippen LogP contribution >= 0.6 is 0 Å². The molecule has 0 spiro atoms. The summed E-state index contributed by atoms with van der Waals surface area (Å²) in [5.41, 5.74) is 0.663. The van der Waals surface area contributed by atoms with Crippen molar-refractivity contribution in [1.82, 2.24) is 15.1 Å². The Morgan fingerprint density at radius 1 is 1.12 bits per heavy atom. The SMILES string of the molecule is COC(=O)NC1CCN(C(=O)C(C)N2C(=O)c3ccccc3C2=O)CC1. The number of methoxy groups -OCH3 is 1. The number of benzene rings is 1. The third-order valence-electron chi connectivity index (χ3n) is 4.88. The van der Waals surface area contributed by atoms with Crippen LogP contribution in [0.2, 0.25) is 0 Å². The van der Waals surface area contributed by atoms with Gasteiger partial charge in [0.2, 0.25) is 5.91 Å². The highest BCUT2D eigenvalue weighted by Crippen LogP contribution is 2.25. The fourth-order valence-electron chi connectivity index (χ4n) is 3.40. The molecule has 8 nitrogen and oxygen atoms in total. The van der Waals surface area contributed by atoms with Crippen molar-refractivity contribution in [1.29, 1.82) is 0 Å². The van der Waals surface area contributed by atoms with Crippen LogP contribution in [0.3, 0.4) is 0 Å². The second kappa shape index (κ2) is 7.15. The first kappa shape index (κ1) is 17.9. The van der Waals surface area contributed by atoms with Crippen LogP contribution in [0.4, 0.5) is 4.79 Å². The maximum atomic E-state index is 12.8. The van der Waals surface area contributed by atoms with E-state index < -0.39 is 23.9 Å². The molecule has 2 aliphatic rings. The van der Waals surface area contributed by atoms with Crippen molar-refractivity contribution in [2.24, 2.45) is 0 Å². The Bertz CT molecular complexity index is 720. The molecule has 1 aromatic carbocycles. The molecule has 3 rings (SSSR count). The standard InChI is InChI=1S/C18H21N3O5/c1-11(21-16(23)13-5-3-4-6-14(13)17(21)24)15(22)20-9-7-12(8-10-20)19-18(25)26-2/h3-6,11-12H,7-10H2,1-2H3,(H,19,25). The molecule has 2 aliphatic heterocycles. The lowest BCUT2D eigenvalue weighted by Crippen LogP contribution is -2.53. The molecule has 1 unspecified atom stereocenters. The van der Waals surface area contributed by atoms with Crippen LogP contribution in [0.1, 0.15) is 40.5 Å². The van der Waals surface area contributed by atoms with Crippen molar-refractivity contribution < 1.29 is 23.9 Å². The van der Waals surface area contributed by atoms with Gasteiger partial charge in [-0.15, -0.1) is 0 Å². The molecule has 2 heterocycles. The monoisotopic (exact) mass is 359 g/mol. The number of nitrogens with zero attached hydrogens (tertiary/aromatic N) is 2. The zero-order valence-corrected chi connectivity index (χ0v) is 14.7. The van der Waals surface area contributed by atoms with Crippen LogP contribution in [0, 0.1) is 0 Å². The fourth-order valence-corrected chi connectivity index (χ4v) is 3.40. The highest BCUT2D eigenvalue weighted by atomic mass is 16.5. The summed E-state index contributed by atoms with van der Waals surface area (Å²) in [6, 6.07) is 5.65. The summed E-state index contributed by atoms with van der Waals surface area (Å²) in [4.78, 5) is 51.7. The van der Waals surface area contributed by atoms with Gasteiger partial charge in [0, 0.05) is 19.1 Å². The number of carbonyl (C=O) groups is 4. The van der Waals surface area contributed by atoms with Crippen molar-refractivity contribution in [3.05, 3.63) is 35.4 Å². The zero-order chi connectivity index (χ0) is 18.8. The minimum Gasteiger partial charge on any atom is -0.453 e. The molecule has 0 saturated carbocycles. The van der Waals surface area contributed by atoms with Crippen LogP contribution in [0.5, 0.6) is 0 Å². The predicted octanol–water partition coefficient (Wildman–Crippen LogP) is 1.02. The first-order valence-electron chi connectivity index (χ1n) is 8.54. The van der Waals surface area contributed by atoms with Crippen molar-refractivity contribution in [3.63, 3.8) is 0 Å². The number of alkyl carbamates (subject to hydrolysis) is 1. The second-order valence-corrected chi connectivity index (χ2v) is 6.44. The maximum absolute atomic E-state index is 12.8. The molecule has 138 valence electrons. The molecule has 1 saturated heterocycles. The van der Waals surface area contributed by atoms with Crippen LogP contribution in [-0.4, -0.2) is 65.9 Å². The number of imide groups is 1. The van der Waals surface area contributed by atoms with Gasteiger partial charge in [0.15, 0.2) is 0 Å². The average Bonchev–Trinajstić information content (AvgIpc) is 2.92. The first-order chi connectivity index (χ1) is 12.4. The van der Waals surface area contributed by atoms with Crippen molar-refractivity contribution in [2.75, 3.05) is 20.2 Å². The van der Waals surface area contributed by atoms with Gasteiger partial charge in [-0.25, -0.2) is 4.79 Å². The Hall–Kier alpha value is -2.90. The number of piperidine rings is 1. The minimum absolute atomic E-state index is 0.0545. The molecule has 1 atom stereocenters. The van der Waals surface area contributed by atoms with Gasteiger partial charge >= 0.3 is 6.09 Å². The van der Waals surface area contributed by atoms with E-state index in [2.05, 4.69) is 10.1 Å². The molecule has 0 aliphatic carbocycles. The molecular weight excluding hydrogens is 338 g/mol. The largest absolute Gasteiger partial charge is 0.453 e. The van der Waals surface area contributed by atoms with E-state index in [1.165, 1.54) is 7.11 Å². The smallest absolute Gasteiger partial charge is 0.407 e. The van der Waals surface area contributed by atoms with E-state index in [0.29, 0.717) is 37.1 Å². The highest BCUT2D eigenvalue weighted by molar-refractivity contribution is 6.22. The van der Waals surface area contributed by atoms with Crippen LogP contribution < -0.4 is 5.32 Å². The quantitative estimate of drug-likeness (QED) is 0.813. The first-order valence-corrected chi connectivity index (χ1v) is 8.54. The van der Waals surface area contributed by atoms with Gasteiger partial charge in [0.1, 0.15) is 6.04 Å².